The fraction of sp³-hybridized carbons (Fsp3) is 0.250. The molecule has 2 aromatic heterocycles. The Morgan fingerprint density at radius 3 is 2.70 bits per heavy atom. The van der Waals surface area contributed by atoms with E-state index >= 15 is 0 Å². The summed E-state index contributed by atoms with van der Waals surface area (Å²) in [5, 5.41) is 0.319. The van der Waals surface area contributed by atoms with E-state index in [9.17, 15) is 4.79 Å². The Bertz CT molecular complexity index is 1260. The van der Waals surface area contributed by atoms with Crippen LogP contribution in [0.2, 0.25) is 5.02 Å². The minimum absolute atomic E-state index is 0.0438. The van der Waals surface area contributed by atoms with Gasteiger partial charge in [0.25, 0.3) is 5.91 Å². The number of nitrogen functional groups attached to an aromatic ring is 2. The van der Waals surface area contributed by atoms with Crippen LogP contribution < -0.4 is 11.5 Å². The molecule has 3 aromatic rings. The number of carbonyl (C=O) groups is 1. The molecule has 8 nitrogen and oxygen atoms in total. The summed E-state index contributed by atoms with van der Waals surface area (Å²) >= 11 is 6.54. The van der Waals surface area contributed by atoms with Crippen molar-refractivity contribution < 1.29 is 9.53 Å². The summed E-state index contributed by atoms with van der Waals surface area (Å²) in [7, 11) is 1.76. The normalized spacial score (nSPS) is 15.1. The van der Waals surface area contributed by atoms with Gasteiger partial charge in [-0.1, -0.05) is 29.5 Å². The third-order valence-corrected chi connectivity index (χ3v) is 5.78. The monoisotopic (exact) mass is 462 g/mol. The highest BCUT2D eigenvalue weighted by molar-refractivity contribution is 6.34. The van der Waals surface area contributed by atoms with Gasteiger partial charge in [0.05, 0.1) is 40.2 Å². The van der Waals surface area contributed by atoms with E-state index < -0.39 is 0 Å². The van der Waals surface area contributed by atoms with Gasteiger partial charge < -0.3 is 21.1 Å². The Balaban J connectivity index is 1.70. The molecule has 1 saturated heterocycles. The molecule has 1 aliphatic heterocycles. The number of likely N-dealkylation sites (N-methyl/N-ethyl adjacent to an activating group) is 1. The van der Waals surface area contributed by atoms with Crippen LogP contribution in [0.15, 0.2) is 36.5 Å². The van der Waals surface area contributed by atoms with Crippen LogP contribution in [0.1, 0.15) is 33.6 Å². The van der Waals surface area contributed by atoms with Crippen LogP contribution in [0.3, 0.4) is 0 Å². The second-order valence-electron chi connectivity index (χ2n) is 7.74. The smallest absolute Gasteiger partial charge is 0.255 e. The van der Waals surface area contributed by atoms with Crippen molar-refractivity contribution in [3.8, 4) is 23.1 Å². The number of benzene rings is 1. The lowest BCUT2D eigenvalue weighted by Crippen LogP contribution is -2.37. The van der Waals surface area contributed by atoms with E-state index in [1.54, 1.807) is 48.5 Å². The Morgan fingerprint density at radius 1 is 1.21 bits per heavy atom. The van der Waals surface area contributed by atoms with E-state index in [1.807, 2.05) is 6.92 Å². The zero-order chi connectivity index (χ0) is 23.5. The predicted octanol–water partition coefficient (Wildman–Crippen LogP) is 2.93. The standard InChI is InChI=1S/C24H23ClN6O2/c1-14-18(6-3-15-4-8-21(26)28-12-15)22(30-24(27)29-14)16-5-7-19(20(25)11-16)23(32)31(2)17-9-10-33-13-17/h4-5,7-8,11-12,17H,9-10,13H2,1-2H3,(H2,26,28)(H2,27,29,30). The van der Waals surface area contributed by atoms with Crippen LogP contribution in [-0.4, -0.2) is 52.1 Å². The number of aryl methyl sites for hydroxylation is 1. The van der Waals surface area contributed by atoms with E-state index in [2.05, 4.69) is 26.8 Å². The Hall–Kier alpha value is -3.67. The van der Waals surface area contributed by atoms with Gasteiger partial charge in [0.1, 0.15) is 5.82 Å². The van der Waals surface area contributed by atoms with Crippen molar-refractivity contribution in [2.24, 2.45) is 0 Å². The molecule has 0 spiro atoms. The van der Waals surface area contributed by atoms with E-state index in [4.69, 9.17) is 27.8 Å². The summed E-state index contributed by atoms with van der Waals surface area (Å²) in [5.41, 5.74) is 15.1. The van der Waals surface area contributed by atoms with Gasteiger partial charge in [0.2, 0.25) is 5.95 Å². The van der Waals surface area contributed by atoms with Crippen molar-refractivity contribution in [1.29, 1.82) is 0 Å². The SMILES string of the molecule is Cc1nc(N)nc(-c2ccc(C(=O)N(C)C3CCOC3)c(Cl)c2)c1C#Cc1ccc(N)nc1. The summed E-state index contributed by atoms with van der Waals surface area (Å²) in [6.07, 6.45) is 2.40. The first-order chi connectivity index (χ1) is 15.8. The van der Waals surface area contributed by atoms with Gasteiger partial charge >= 0.3 is 0 Å². The number of nitrogens with two attached hydrogens (primary N) is 2. The lowest BCUT2D eigenvalue weighted by Gasteiger charge is -2.23. The number of pyridine rings is 1. The maximum absolute atomic E-state index is 13.0. The highest BCUT2D eigenvalue weighted by Gasteiger charge is 2.26. The maximum Gasteiger partial charge on any atom is 0.255 e. The highest BCUT2D eigenvalue weighted by atomic mass is 35.5. The van der Waals surface area contributed by atoms with Crippen LogP contribution in [0.25, 0.3) is 11.3 Å². The number of anilines is 2. The Morgan fingerprint density at radius 2 is 2.03 bits per heavy atom. The summed E-state index contributed by atoms with van der Waals surface area (Å²) < 4.78 is 5.39. The fourth-order valence-electron chi connectivity index (χ4n) is 3.59. The van der Waals surface area contributed by atoms with E-state index in [0.29, 0.717) is 57.7 Å². The molecule has 1 aliphatic rings. The zero-order valence-electron chi connectivity index (χ0n) is 18.3. The minimum Gasteiger partial charge on any atom is -0.384 e. The number of nitrogens with zero attached hydrogens (tertiary/aromatic N) is 4. The number of rotatable bonds is 3. The molecule has 0 bridgehead atoms. The molecule has 0 aliphatic carbocycles. The highest BCUT2D eigenvalue weighted by Crippen LogP contribution is 2.29. The molecule has 0 saturated carbocycles. The van der Waals surface area contributed by atoms with Gasteiger partial charge in [0.15, 0.2) is 0 Å². The molecule has 4 N–H and O–H groups in total. The van der Waals surface area contributed by atoms with Crippen LogP contribution in [0.5, 0.6) is 0 Å². The summed E-state index contributed by atoms with van der Waals surface area (Å²) in [4.78, 5) is 27.3. The number of hydrogen-bond donors (Lipinski definition) is 2. The lowest BCUT2D eigenvalue weighted by molar-refractivity contribution is 0.0711. The van der Waals surface area contributed by atoms with Crippen molar-refractivity contribution in [3.05, 3.63) is 63.9 Å². The number of carbonyl (C=O) groups excluding carboxylic acids is 1. The van der Waals surface area contributed by atoms with Crippen LogP contribution >= 0.6 is 11.6 Å². The molecule has 168 valence electrons. The minimum atomic E-state index is -0.156. The molecule has 1 fully saturated rings. The Kier molecular flexibility index (Phi) is 6.45. The number of ether oxygens (including phenoxy) is 1. The predicted molar refractivity (Wildman–Crippen MR) is 128 cm³/mol. The van der Waals surface area contributed by atoms with Gasteiger partial charge in [-0.15, -0.1) is 0 Å². The molecule has 33 heavy (non-hydrogen) atoms. The summed E-state index contributed by atoms with van der Waals surface area (Å²) in [5.74, 6) is 6.55. The average Bonchev–Trinajstić information content (AvgIpc) is 3.33. The first-order valence-electron chi connectivity index (χ1n) is 10.4. The summed E-state index contributed by atoms with van der Waals surface area (Å²) in [6, 6.07) is 8.69. The van der Waals surface area contributed by atoms with Gasteiger partial charge in [-0.25, -0.2) is 15.0 Å². The molecule has 0 radical (unpaired) electrons. The quantitative estimate of drug-likeness (QED) is 0.574. The fourth-order valence-corrected chi connectivity index (χ4v) is 3.85. The molecule has 1 atom stereocenters. The van der Waals surface area contributed by atoms with Crippen molar-refractivity contribution in [2.75, 3.05) is 31.7 Å². The van der Waals surface area contributed by atoms with Gasteiger partial charge in [-0.05, 0) is 37.6 Å². The van der Waals surface area contributed by atoms with Crippen molar-refractivity contribution in [3.63, 3.8) is 0 Å². The number of amides is 1. The third kappa shape index (κ3) is 4.90. The molecule has 3 heterocycles. The number of hydrogen-bond acceptors (Lipinski definition) is 7. The maximum atomic E-state index is 13.0. The second-order valence-corrected chi connectivity index (χ2v) is 8.15. The van der Waals surface area contributed by atoms with Gasteiger partial charge in [-0.2, -0.15) is 0 Å². The van der Waals surface area contributed by atoms with Crippen molar-refractivity contribution in [2.45, 2.75) is 19.4 Å². The zero-order valence-corrected chi connectivity index (χ0v) is 19.1. The average molecular weight is 463 g/mol. The van der Waals surface area contributed by atoms with E-state index in [-0.39, 0.29) is 17.9 Å². The number of aromatic nitrogens is 3. The molecule has 1 amide bonds. The van der Waals surface area contributed by atoms with Crippen LogP contribution in [0.4, 0.5) is 11.8 Å². The van der Waals surface area contributed by atoms with Gasteiger partial charge in [0, 0.05) is 31.0 Å². The first-order valence-corrected chi connectivity index (χ1v) is 10.7. The topological polar surface area (TPSA) is 120 Å². The number of halogens is 1. The van der Waals surface area contributed by atoms with Crippen LogP contribution in [0, 0.1) is 18.8 Å². The largest absolute Gasteiger partial charge is 0.384 e. The van der Waals surface area contributed by atoms with E-state index in [1.165, 1.54) is 0 Å². The molecule has 1 unspecified atom stereocenters. The molecular formula is C24H23ClN6O2. The van der Waals surface area contributed by atoms with Crippen molar-refractivity contribution in [1.82, 2.24) is 19.9 Å². The van der Waals surface area contributed by atoms with Crippen molar-refractivity contribution >= 4 is 29.3 Å². The molecular weight excluding hydrogens is 440 g/mol. The lowest BCUT2D eigenvalue weighted by atomic mass is 10.0. The third-order valence-electron chi connectivity index (χ3n) is 5.47. The molecule has 4 rings (SSSR count). The van der Waals surface area contributed by atoms with Gasteiger partial charge in [-0.3, -0.25) is 4.79 Å². The summed E-state index contributed by atoms with van der Waals surface area (Å²) in [6.45, 7) is 2.99. The molecule has 9 heteroatoms. The first kappa shape index (κ1) is 22.5. The second kappa shape index (κ2) is 9.45. The van der Waals surface area contributed by atoms with Crippen LogP contribution in [-0.2, 0) is 4.74 Å². The Labute approximate surface area is 197 Å². The molecule has 1 aromatic carbocycles. The van der Waals surface area contributed by atoms with E-state index in [0.717, 1.165) is 6.42 Å².